The van der Waals surface area contributed by atoms with Crippen LogP contribution in [0.1, 0.15) is 37.3 Å². The molecule has 0 saturated heterocycles. The van der Waals surface area contributed by atoms with Gasteiger partial charge in [0.05, 0.1) is 6.61 Å². The van der Waals surface area contributed by atoms with E-state index in [2.05, 4.69) is 35.5 Å². The second-order valence-electron chi connectivity index (χ2n) is 6.62. The Bertz CT molecular complexity index is 540. The molecule has 0 aromatic heterocycles. The van der Waals surface area contributed by atoms with Crippen LogP contribution in [0.5, 0.6) is 0 Å². The molecule has 1 heterocycles. The Labute approximate surface area is 132 Å². The summed E-state index contributed by atoms with van der Waals surface area (Å²) in [6.45, 7) is 4.26. The van der Waals surface area contributed by atoms with Crippen LogP contribution in [-0.2, 0) is 22.5 Å². The number of rotatable bonds is 6. The van der Waals surface area contributed by atoms with E-state index >= 15 is 0 Å². The van der Waals surface area contributed by atoms with E-state index in [1.807, 2.05) is 6.92 Å². The predicted octanol–water partition coefficient (Wildman–Crippen LogP) is 2.50. The molecule has 1 N–H and O–H groups in total. The van der Waals surface area contributed by atoms with Crippen LogP contribution in [0.15, 0.2) is 18.2 Å². The topological polar surface area (TPSA) is 41.6 Å². The predicted molar refractivity (Wildman–Crippen MR) is 88.0 cm³/mol. The molecule has 1 fully saturated rings. The van der Waals surface area contributed by atoms with Gasteiger partial charge in [-0.05, 0) is 55.7 Å². The van der Waals surface area contributed by atoms with Gasteiger partial charge < -0.3 is 15.0 Å². The molecule has 120 valence electrons. The van der Waals surface area contributed by atoms with Crippen LogP contribution in [0.3, 0.4) is 0 Å². The number of carbonyl (C=O) groups excluding carboxylic acids is 1. The minimum absolute atomic E-state index is 0.0181. The molecule has 0 spiro atoms. The summed E-state index contributed by atoms with van der Waals surface area (Å²) in [5.41, 5.74) is 3.87. The Morgan fingerprint density at radius 3 is 3.05 bits per heavy atom. The average molecular weight is 302 g/mol. The van der Waals surface area contributed by atoms with Crippen LogP contribution in [0, 0.1) is 5.92 Å². The number of anilines is 1. The summed E-state index contributed by atoms with van der Waals surface area (Å²) in [7, 11) is 2.14. The zero-order valence-corrected chi connectivity index (χ0v) is 13.6. The number of nitrogens with zero attached hydrogens (tertiary/aromatic N) is 1. The second-order valence-corrected chi connectivity index (χ2v) is 6.62. The minimum Gasteiger partial charge on any atom is -0.374 e. The van der Waals surface area contributed by atoms with Crippen molar-refractivity contribution >= 4 is 11.6 Å². The lowest BCUT2D eigenvalue weighted by atomic mass is 9.99. The number of hydrogen-bond acceptors (Lipinski definition) is 3. The maximum atomic E-state index is 12.0. The van der Waals surface area contributed by atoms with Crippen molar-refractivity contribution in [1.82, 2.24) is 5.32 Å². The summed E-state index contributed by atoms with van der Waals surface area (Å²) in [5, 5.41) is 2.98. The first-order chi connectivity index (χ1) is 10.6. The van der Waals surface area contributed by atoms with Crippen molar-refractivity contribution in [2.24, 2.45) is 5.92 Å². The molecule has 1 atom stereocenters. The molecular weight excluding hydrogens is 276 g/mol. The first kappa shape index (κ1) is 15.3. The Morgan fingerprint density at radius 2 is 2.27 bits per heavy atom. The third-order valence-electron chi connectivity index (χ3n) is 4.61. The van der Waals surface area contributed by atoms with Gasteiger partial charge in [0.2, 0.25) is 5.91 Å². The van der Waals surface area contributed by atoms with Crippen molar-refractivity contribution in [3.63, 3.8) is 0 Å². The summed E-state index contributed by atoms with van der Waals surface area (Å²) in [5.74, 6) is 0.670. The van der Waals surface area contributed by atoms with Crippen molar-refractivity contribution < 1.29 is 9.53 Å². The standard InChI is InChI=1S/C18H26N2O2/c1-13(22-12-14-5-6-14)18(21)19-11-15-7-8-17-16(10-15)4-3-9-20(17)2/h7-8,10,13-14H,3-6,9,11-12H2,1-2H3,(H,19,21)/t13-/m1/s1. The molecular formula is C18H26N2O2. The maximum Gasteiger partial charge on any atom is 0.249 e. The van der Waals surface area contributed by atoms with Gasteiger partial charge in [-0.2, -0.15) is 0 Å². The second kappa shape index (κ2) is 6.69. The first-order valence-electron chi connectivity index (χ1n) is 8.36. The van der Waals surface area contributed by atoms with Crippen LogP contribution < -0.4 is 10.2 Å². The van der Waals surface area contributed by atoms with Crippen molar-refractivity contribution in [1.29, 1.82) is 0 Å². The van der Waals surface area contributed by atoms with E-state index in [4.69, 9.17) is 4.74 Å². The molecule has 1 saturated carbocycles. The number of nitrogens with one attached hydrogen (secondary N) is 1. The summed E-state index contributed by atoms with van der Waals surface area (Å²) in [6, 6.07) is 6.50. The number of benzene rings is 1. The molecule has 22 heavy (non-hydrogen) atoms. The molecule has 1 aromatic rings. The highest BCUT2D eigenvalue weighted by Crippen LogP contribution is 2.29. The van der Waals surface area contributed by atoms with Crippen LogP contribution in [0.2, 0.25) is 0 Å². The smallest absolute Gasteiger partial charge is 0.249 e. The van der Waals surface area contributed by atoms with Crippen molar-refractivity contribution in [3.05, 3.63) is 29.3 Å². The molecule has 0 unspecified atom stereocenters. The van der Waals surface area contributed by atoms with E-state index in [-0.39, 0.29) is 12.0 Å². The highest BCUT2D eigenvalue weighted by Gasteiger charge is 2.24. The SMILES string of the molecule is C[C@@H](OCC1CC1)C(=O)NCc1ccc2c(c1)CCCN2C. The Kier molecular flexibility index (Phi) is 4.67. The molecule has 0 radical (unpaired) electrons. The zero-order valence-electron chi connectivity index (χ0n) is 13.6. The van der Waals surface area contributed by atoms with Crippen LogP contribution in [-0.4, -0.2) is 32.2 Å². The van der Waals surface area contributed by atoms with Gasteiger partial charge in [-0.1, -0.05) is 12.1 Å². The number of carbonyl (C=O) groups is 1. The lowest BCUT2D eigenvalue weighted by molar-refractivity contribution is -0.132. The molecule has 1 aliphatic carbocycles. The van der Waals surface area contributed by atoms with E-state index in [9.17, 15) is 4.79 Å². The molecule has 4 heteroatoms. The molecule has 1 aromatic carbocycles. The highest BCUT2D eigenvalue weighted by molar-refractivity contribution is 5.80. The monoisotopic (exact) mass is 302 g/mol. The minimum atomic E-state index is -0.357. The number of aryl methyl sites for hydroxylation is 1. The van der Waals surface area contributed by atoms with E-state index in [1.165, 1.54) is 30.5 Å². The fourth-order valence-corrected chi connectivity index (χ4v) is 2.92. The van der Waals surface area contributed by atoms with Crippen LogP contribution in [0.4, 0.5) is 5.69 Å². The number of hydrogen-bond donors (Lipinski definition) is 1. The highest BCUT2D eigenvalue weighted by atomic mass is 16.5. The van der Waals surface area contributed by atoms with Gasteiger partial charge in [0, 0.05) is 25.8 Å². The normalized spacial score (nSPS) is 18.7. The van der Waals surface area contributed by atoms with Crippen molar-refractivity contribution in [2.75, 3.05) is 25.1 Å². The van der Waals surface area contributed by atoms with Gasteiger partial charge in [-0.3, -0.25) is 4.79 Å². The third kappa shape index (κ3) is 3.80. The summed E-state index contributed by atoms with van der Waals surface area (Å²) in [6.07, 6.45) is 4.47. The lowest BCUT2D eigenvalue weighted by Crippen LogP contribution is -2.34. The van der Waals surface area contributed by atoms with Crippen LogP contribution >= 0.6 is 0 Å². The van der Waals surface area contributed by atoms with E-state index < -0.39 is 0 Å². The Morgan fingerprint density at radius 1 is 1.45 bits per heavy atom. The van der Waals surface area contributed by atoms with E-state index in [1.54, 1.807) is 0 Å². The van der Waals surface area contributed by atoms with E-state index in [0.29, 0.717) is 12.5 Å². The molecule has 1 aliphatic heterocycles. The lowest BCUT2D eigenvalue weighted by Gasteiger charge is -2.27. The van der Waals surface area contributed by atoms with E-state index in [0.717, 1.165) is 25.1 Å². The van der Waals surface area contributed by atoms with Gasteiger partial charge in [0.25, 0.3) is 0 Å². The molecule has 3 rings (SSSR count). The van der Waals surface area contributed by atoms with Gasteiger partial charge in [0.15, 0.2) is 0 Å². The average Bonchev–Trinajstić information content (AvgIpc) is 3.34. The van der Waals surface area contributed by atoms with Gasteiger partial charge in [0.1, 0.15) is 6.10 Å². The Hall–Kier alpha value is -1.55. The summed E-state index contributed by atoms with van der Waals surface area (Å²) in [4.78, 5) is 14.3. The number of amides is 1. The van der Waals surface area contributed by atoms with Gasteiger partial charge in [-0.25, -0.2) is 0 Å². The number of ether oxygens (including phenoxy) is 1. The quantitative estimate of drug-likeness (QED) is 0.878. The number of fused-ring (bicyclic) bond motifs is 1. The summed E-state index contributed by atoms with van der Waals surface area (Å²) >= 11 is 0. The molecule has 0 bridgehead atoms. The fourth-order valence-electron chi connectivity index (χ4n) is 2.92. The molecule has 4 nitrogen and oxygen atoms in total. The van der Waals surface area contributed by atoms with Crippen LogP contribution in [0.25, 0.3) is 0 Å². The summed E-state index contributed by atoms with van der Waals surface area (Å²) < 4.78 is 5.60. The Balaban J connectivity index is 1.51. The van der Waals surface area contributed by atoms with Crippen molar-refractivity contribution in [2.45, 2.75) is 45.3 Å². The van der Waals surface area contributed by atoms with Crippen molar-refractivity contribution in [3.8, 4) is 0 Å². The fraction of sp³-hybridized carbons (Fsp3) is 0.611. The molecule has 1 amide bonds. The zero-order chi connectivity index (χ0) is 15.5. The molecule has 2 aliphatic rings. The van der Waals surface area contributed by atoms with Gasteiger partial charge >= 0.3 is 0 Å². The largest absolute Gasteiger partial charge is 0.374 e. The first-order valence-corrected chi connectivity index (χ1v) is 8.36. The maximum absolute atomic E-state index is 12.0. The van der Waals surface area contributed by atoms with Gasteiger partial charge in [-0.15, -0.1) is 0 Å². The third-order valence-corrected chi connectivity index (χ3v) is 4.61.